The summed E-state index contributed by atoms with van der Waals surface area (Å²) in [7, 11) is 0.772. The van der Waals surface area contributed by atoms with Gasteiger partial charge in [0.15, 0.2) is 0 Å². The zero-order chi connectivity index (χ0) is 33.7. The Bertz CT molecular complexity index is 1250. The number of carbonyl (C=O) groups is 4. The number of hydrogen-bond acceptors (Lipinski definition) is 10. The number of alkyl halides is 3. The van der Waals surface area contributed by atoms with Crippen LogP contribution in [0.5, 0.6) is 0 Å². The van der Waals surface area contributed by atoms with E-state index in [0.717, 1.165) is 25.3 Å². The van der Waals surface area contributed by atoms with E-state index in [9.17, 15) is 32.3 Å². The molecule has 0 aromatic heterocycles. The molecule has 2 fully saturated rings. The number of benzene rings is 1. The highest BCUT2D eigenvalue weighted by atomic mass is 19.4. The van der Waals surface area contributed by atoms with Crippen LogP contribution in [0.1, 0.15) is 66.4 Å². The molecule has 0 unspecified atom stereocenters. The molecular formula is C32H41F3O10. The second kappa shape index (κ2) is 14.3. The second-order valence-corrected chi connectivity index (χ2v) is 11.6. The summed E-state index contributed by atoms with van der Waals surface area (Å²) in [6.07, 6.45) is -6.49. The molecule has 0 spiro atoms. The normalized spacial score (nSPS) is 30.4. The van der Waals surface area contributed by atoms with E-state index in [1.54, 1.807) is 27.7 Å². The number of esters is 4. The van der Waals surface area contributed by atoms with Crippen LogP contribution in [0.2, 0.25) is 0 Å². The third-order valence-corrected chi connectivity index (χ3v) is 8.36. The Hall–Kier alpha value is -3.45. The molecule has 1 aromatic rings. The summed E-state index contributed by atoms with van der Waals surface area (Å²) in [4.78, 5) is 50.6. The van der Waals surface area contributed by atoms with Crippen molar-refractivity contribution in [1.29, 1.82) is 0 Å². The molecule has 2 aliphatic rings. The molecule has 2 saturated heterocycles. The van der Waals surface area contributed by atoms with Crippen molar-refractivity contribution in [2.45, 2.75) is 109 Å². The van der Waals surface area contributed by atoms with Crippen molar-refractivity contribution in [1.82, 2.24) is 0 Å². The van der Waals surface area contributed by atoms with Crippen LogP contribution in [0, 0.1) is 11.8 Å². The van der Waals surface area contributed by atoms with Crippen LogP contribution in [0.4, 0.5) is 13.2 Å². The van der Waals surface area contributed by atoms with Crippen molar-refractivity contribution in [2.75, 3.05) is 7.11 Å². The van der Waals surface area contributed by atoms with Crippen molar-refractivity contribution < 1.29 is 60.8 Å². The molecule has 2 heterocycles. The number of fused-ring (bicyclic) bond motifs is 1. The van der Waals surface area contributed by atoms with Gasteiger partial charge >= 0.3 is 30.1 Å². The van der Waals surface area contributed by atoms with Gasteiger partial charge in [-0.05, 0) is 39.7 Å². The van der Waals surface area contributed by atoms with Crippen LogP contribution in [0.25, 0.3) is 0 Å². The summed E-state index contributed by atoms with van der Waals surface area (Å²) in [6, 6.07) is 6.42. The summed E-state index contributed by atoms with van der Waals surface area (Å²) >= 11 is 0. The van der Waals surface area contributed by atoms with Crippen LogP contribution in [-0.2, 0) is 53.2 Å². The lowest BCUT2D eigenvalue weighted by atomic mass is 9.73. The summed E-state index contributed by atoms with van der Waals surface area (Å²) in [5, 5.41) is 0. The number of carbonyl (C=O) groups excluding carboxylic acids is 4. The number of hydrogen-bond donors (Lipinski definition) is 0. The lowest BCUT2D eigenvalue weighted by molar-refractivity contribution is -0.300. The maximum atomic E-state index is 14.4. The number of rotatable bonds is 11. The third-order valence-electron chi connectivity index (χ3n) is 8.36. The molecule has 3 rings (SSSR count). The van der Waals surface area contributed by atoms with Crippen LogP contribution >= 0.6 is 0 Å². The molecule has 0 radical (unpaired) electrons. The SMILES string of the molecule is CCCC[C@@H](/C=C/C(=O)O[C@@H]1[C@@H](C)[C@@H]2OC(=O)[C@H](C)[C@H](OC(C)=O)[C@@]2(C)O[C@H]1C)OC(=O)[C@@](OC)(c1ccccc1)C(F)(F)F. The lowest BCUT2D eigenvalue weighted by Crippen LogP contribution is -2.70. The standard InChI is InChI=1S/C32H41F3O10/c1-8-9-15-23(42-29(39)31(40-7,32(33,34)35)22-13-11-10-12-14-22)16-17-24(37)43-25-18(2)26-30(6,45-20(25)4)27(41-21(5)36)19(3)28(38)44-26/h10-14,16-20,23,25-27H,8-9,15H2,1-7H3/b17-16+/t18-,19-,20+,23+,25-,26+,27+,30+,31+/m1/s1. The Labute approximate surface area is 260 Å². The Morgan fingerprint density at radius 3 is 2.29 bits per heavy atom. The Balaban J connectivity index is 1.80. The van der Waals surface area contributed by atoms with Gasteiger partial charge in [0.2, 0.25) is 0 Å². The molecule has 13 heteroatoms. The van der Waals surface area contributed by atoms with Gasteiger partial charge in [-0.25, -0.2) is 9.59 Å². The number of ether oxygens (including phenoxy) is 6. The largest absolute Gasteiger partial charge is 0.458 e. The first kappa shape index (κ1) is 36.0. The molecule has 0 amide bonds. The fourth-order valence-electron chi connectivity index (χ4n) is 6.13. The maximum Gasteiger partial charge on any atom is 0.432 e. The van der Waals surface area contributed by atoms with Crippen molar-refractivity contribution in [3.8, 4) is 0 Å². The summed E-state index contributed by atoms with van der Waals surface area (Å²) in [5.74, 6) is -5.15. The smallest absolute Gasteiger partial charge is 0.432 e. The number of unbranched alkanes of at least 4 members (excludes halogenated alkanes) is 1. The van der Waals surface area contributed by atoms with Crippen molar-refractivity contribution in [2.24, 2.45) is 11.8 Å². The third kappa shape index (κ3) is 7.35. The van der Waals surface area contributed by atoms with E-state index < -0.39 is 89.2 Å². The average molecular weight is 643 g/mol. The zero-order valence-corrected chi connectivity index (χ0v) is 26.4. The molecular weight excluding hydrogens is 601 g/mol. The van der Waals surface area contributed by atoms with Gasteiger partial charge < -0.3 is 28.4 Å². The maximum absolute atomic E-state index is 14.4. The fraction of sp³-hybridized carbons (Fsp3) is 0.625. The van der Waals surface area contributed by atoms with E-state index in [4.69, 9.17) is 28.4 Å². The van der Waals surface area contributed by atoms with Crippen molar-refractivity contribution >= 4 is 23.9 Å². The molecule has 2 aliphatic heterocycles. The van der Waals surface area contributed by atoms with E-state index in [-0.39, 0.29) is 6.42 Å². The van der Waals surface area contributed by atoms with Gasteiger partial charge in [-0.1, -0.05) is 50.6 Å². The molecule has 0 N–H and O–H groups in total. The van der Waals surface area contributed by atoms with Crippen molar-refractivity contribution in [3.63, 3.8) is 0 Å². The van der Waals surface area contributed by atoms with Gasteiger partial charge in [0.05, 0.1) is 12.0 Å². The van der Waals surface area contributed by atoms with E-state index in [1.165, 1.54) is 31.2 Å². The molecule has 0 aliphatic carbocycles. The first-order chi connectivity index (χ1) is 21.0. The predicted octanol–water partition coefficient (Wildman–Crippen LogP) is 4.97. The number of halogens is 3. The van der Waals surface area contributed by atoms with E-state index >= 15 is 0 Å². The molecule has 0 bridgehead atoms. The van der Waals surface area contributed by atoms with Gasteiger partial charge in [0, 0.05) is 31.6 Å². The topological polar surface area (TPSA) is 124 Å². The minimum Gasteiger partial charge on any atom is -0.458 e. The summed E-state index contributed by atoms with van der Waals surface area (Å²) < 4.78 is 76.2. The molecule has 45 heavy (non-hydrogen) atoms. The first-order valence-electron chi connectivity index (χ1n) is 14.9. The highest BCUT2D eigenvalue weighted by molar-refractivity contribution is 5.84. The van der Waals surface area contributed by atoms with Crippen LogP contribution in [0.3, 0.4) is 0 Å². The minimum absolute atomic E-state index is 0.129. The fourth-order valence-corrected chi connectivity index (χ4v) is 6.13. The van der Waals surface area contributed by atoms with Gasteiger partial charge in [-0.15, -0.1) is 0 Å². The molecule has 0 saturated carbocycles. The van der Waals surface area contributed by atoms with Gasteiger partial charge in [0.25, 0.3) is 5.60 Å². The molecule has 10 nitrogen and oxygen atoms in total. The second-order valence-electron chi connectivity index (χ2n) is 11.6. The van der Waals surface area contributed by atoms with Gasteiger partial charge in [0.1, 0.15) is 30.0 Å². The summed E-state index contributed by atoms with van der Waals surface area (Å²) in [5.41, 5.74) is -5.06. The predicted molar refractivity (Wildman–Crippen MR) is 152 cm³/mol. The van der Waals surface area contributed by atoms with Gasteiger partial charge in [-0.3, -0.25) is 9.59 Å². The Morgan fingerprint density at radius 2 is 1.73 bits per heavy atom. The Kier molecular flexibility index (Phi) is 11.5. The van der Waals surface area contributed by atoms with E-state index in [1.807, 2.05) is 6.92 Å². The highest BCUT2D eigenvalue weighted by Gasteiger charge is 2.65. The quantitative estimate of drug-likeness (QED) is 0.186. The minimum atomic E-state index is -5.16. The van der Waals surface area contributed by atoms with Crippen LogP contribution < -0.4 is 0 Å². The first-order valence-corrected chi connectivity index (χ1v) is 14.9. The van der Waals surface area contributed by atoms with Crippen LogP contribution in [0.15, 0.2) is 42.5 Å². The highest BCUT2D eigenvalue weighted by Crippen LogP contribution is 2.46. The molecule has 9 atom stereocenters. The Morgan fingerprint density at radius 1 is 1.09 bits per heavy atom. The van der Waals surface area contributed by atoms with E-state index in [2.05, 4.69) is 0 Å². The number of methoxy groups -OCH3 is 1. The van der Waals surface area contributed by atoms with Crippen LogP contribution in [-0.4, -0.2) is 73.3 Å². The zero-order valence-electron chi connectivity index (χ0n) is 26.4. The molecule has 1 aromatic carbocycles. The monoisotopic (exact) mass is 642 g/mol. The molecule has 250 valence electrons. The summed E-state index contributed by atoms with van der Waals surface area (Å²) in [6.45, 7) is 9.67. The average Bonchev–Trinajstić information content (AvgIpc) is 2.96. The van der Waals surface area contributed by atoms with Gasteiger partial charge in [-0.2, -0.15) is 13.2 Å². The van der Waals surface area contributed by atoms with E-state index in [0.29, 0.717) is 12.8 Å². The lowest BCUT2D eigenvalue weighted by Gasteiger charge is -2.55. The van der Waals surface area contributed by atoms with Crippen molar-refractivity contribution in [3.05, 3.63) is 48.0 Å².